The number of anilines is 2. The Labute approximate surface area is 213 Å². The molecule has 2 aromatic rings. The van der Waals surface area contributed by atoms with Gasteiger partial charge in [0.1, 0.15) is 12.4 Å². The summed E-state index contributed by atoms with van der Waals surface area (Å²) in [5, 5.41) is 17.3. The minimum absolute atomic E-state index is 0.0346. The van der Waals surface area contributed by atoms with E-state index in [1.807, 2.05) is 28.1 Å². The lowest BCUT2D eigenvalue weighted by Crippen LogP contribution is -2.30. The van der Waals surface area contributed by atoms with E-state index in [9.17, 15) is 22.8 Å². The van der Waals surface area contributed by atoms with E-state index in [-0.39, 0.29) is 37.3 Å². The Hall–Kier alpha value is -2.91. The second kappa shape index (κ2) is 13.8. The standard InChI is InChI=1S/C22H24F3IN4O5/c1-12(2)21(32)27-5-7-34-28-11-13-9-15(22(33)30-35-8-6-31)20(19(25)18(13)24)29-17-4-3-14(26)10-16(17)23/h3-4,9-12,29,31H,5-8H2,1-2H3,(H,27,32)(H,30,33). The van der Waals surface area contributed by atoms with E-state index in [1.165, 1.54) is 18.2 Å². The number of hydrogen-bond acceptors (Lipinski definition) is 7. The molecule has 0 saturated carbocycles. The summed E-state index contributed by atoms with van der Waals surface area (Å²) in [6.45, 7) is 2.90. The van der Waals surface area contributed by atoms with Crippen LogP contribution in [0.5, 0.6) is 0 Å². The van der Waals surface area contributed by atoms with Crippen molar-refractivity contribution in [3.05, 3.63) is 56.4 Å². The van der Waals surface area contributed by atoms with E-state index < -0.39 is 46.8 Å². The van der Waals surface area contributed by atoms with Crippen LogP contribution in [0.1, 0.15) is 29.8 Å². The first-order valence-electron chi connectivity index (χ1n) is 10.4. The molecule has 0 saturated heterocycles. The Bertz CT molecular complexity index is 1090. The number of aliphatic hydroxyl groups excluding tert-OH is 1. The first-order valence-corrected chi connectivity index (χ1v) is 11.4. The molecule has 0 aliphatic carbocycles. The number of nitrogens with one attached hydrogen (secondary N) is 3. The van der Waals surface area contributed by atoms with Gasteiger partial charge in [0.05, 0.1) is 42.9 Å². The maximum Gasteiger partial charge on any atom is 0.277 e. The molecule has 0 spiro atoms. The molecule has 0 fully saturated rings. The number of nitrogens with zero attached hydrogens (tertiary/aromatic N) is 1. The smallest absolute Gasteiger partial charge is 0.277 e. The third-order valence-electron chi connectivity index (χ3n) is 4.31. The van der Waals surface area contributed by atoms with Crippen LogP contribution in [-0.4, -0.2) is 49.5 Å². The fourth-order valence-electron chi connectivity index (χ4n) is 2.55. The molecule has 0 aromatic heterocycles. The Morgan fingerprint density at radius 3 is 2.57 bits per heavy atom. The molecule has 35 heavy (non-hydrogen) atoms. The molecule has 0 radical (unpaired) electrons. The van der Waals surface area contributed by atoms with Gasteiger partial charge in [-0.25, -0.2) is 18.7 Å². The summed E-state index contributed by atoms with van der Waals surface area (Å²) in [6.07, 6.45) is 0.850. The largest absolute Gasteiger partial charge is 0.394 e. The summed E-state index contributed by atoms with van der Waals surface area (Å²) in [5.74, 6) is -4.96. The summed E-state index contributed by atoms with van der Waals surface area (Å²) >= 11 is 1.88. The zero-order valence-electron chi connectivity index (χ0n) is 18.8. The van der Waals surface area contributed by atoms with Gasteiger partial charge in [0, 0.05) is 15.1 Å². The van der Waals surface area contributed by atoms with E-state index in [0.717, 1.165) is 12.3 Å². The predicted molar refractivity (Wildman–Crippen MR) is 131 cm³/mol. The molecule has 0 heterocycles. The molecule has 2 amide bonds. The molecule has 4 N–H and O–H groups in total. The number of oxime groups is 1. The van der Waals surface area contributed by atoms with Crippen molar-refractivity contribution in [1.82, 2.24) is 10.8 Å². The molecule has 190 valence electrons. The maximum absolute atomic E-state index is 15.0. The lowest BCUT2D eigenvalue weighted by molar-refractivity contribution is -0.124. The number of hydrogen-bond donors (Lipinski definition) is 4. The fourth-order valence-corrected chi connectivity index (χ4v) is 3.01. The van der Waals surface area contributed by atoms with Crippen molar-refractivity contribution in [2.45, 2.75) is 13.8 Å². The Balaban J connectivity index is 2.28. The van der Waals surface area contributed by atoms with Gasteiger partial charge >= 0.3 is 0 Å². The zero-order chi connectivity index (χ0) is 26.0. The number of rotatable bonds is 12. The van der Waals surface area contributed by atoms with Crippen molar-refractivity contribution in [2.24, 2.45) is 11.1 Å². The first-order chi connectivity index (χ1) is 16.6. The quantitative estimate of drug-likeness (QED) is 0.127. The Morgan fingerprint density at radius 2 is 1.91 bits per heavy atom. The average molecular weight is 608 g/mol. The van der Waals surface area contributed by atoms with E-state index >= 15 is 0 Å². The minimum atomic E-state index is -1.47. The van der Waals surface area contributed by atoms with Crippen molar-refractivity contribution in [3.8, 4) is 0 Å². The number of carbonyl (C=O) groups is 2. The summed E-state index contributed by atoms with van der Waals surface area (Å²) < 4.78 is 44.6. The molecule has 0 aliphatic heterocycles. The Morgan fingerprint density at radius 1 is 1.17 bits per heavy atom. The first kappa shape index (κ1) is 28.3. The minimum Gasteiger partial charge on any atom is -0.394 e. The molecular formula is C22H24F3IN4O5. The molecule has 0 unspecified atom stereocenters. The monoisotopic (exact) mass is 608 g/mol. The third kappa shape index (κ3) is 8.36. The van der Waals surface area contributed by atoms with E-state index in [1.54, 1.807) is 13.8 Å². The van der Waals surface area contributed by atoms with Crippen LogP contribution in [0.4, 0.5) is 24.5 Å². The van der Waals surface area contributed by atoms with Gasteiger partial charge in [-0.3, -0.25) is 14.4 Å². The number of halogens is 4. The highest BCUT2D eigenvalue weighted by atomic mass is 127. The SMILES string of the molecule is CC(C)C(=O)NCCON=Cc1cc(C(=O)NOCCO)c(Nc2ccc(I)cc2F)c(F)c1F. The van der Waals surface area contributed by atoms with E-state index in [0.29, 0.717) is 3.57 Å². The van der Waals surface area contributed by atoms with Gasteiger partial charge in [-0.2, -0.15) is 0 Å². The van der Waals surface area contributed by atoms with Crippen LogP contribution < -0.4 is 16.1 Å². The van der Waals surface area contributed by atoms with E-state index in [4.69, 9.17) is 14.8 Å². The summed E-state index contributed by atoms with van der Waals surface area (Å²) in [7, 11) is 0. The molecular weight excluding hydrogens is 584 g/mol. The average Bonchev–Trinajstić information content (AvgIpc) is 2.81. The maximum atomic E-state index is 15.0. The van der Waals surface area contributed by atoms with Gasteiger partial charge in [0.15, 0.2) is 11.6 Å². The van der Waals surface area contributed by atoms with Crippen LogP contribution in [0.2, 0.25) is 0 Å². The highest BCUT2D eigenvalue weighted by molar-refractivity contribution is 14.1. The fraction of sp³-hybridized carbons (Fsp3) is 0.318. The number of aliphatic hydroxyl groups is 1. The summed E-state index contributed by atoms with van der Waals surface area (Å²) in [6, 6.07) is 4.98. The number of carbonyl (C=O) groups excluding carboxylic acids is 2. The van der Waals surface area contributed by atoms with Crippen LogP contribution in [-0.2, 0) is 14.5 Å². The van der Waals surface area contributed by atoms with Gasteiger partial charge in [-0.15, -0.1) is 0 Å². The molecule has 2 aromatic carbocycles. The second-order valence-corrected chi connectivity index (χ2v) is 8.53. The lowest BCUT2D eigenvalue weighted by Gasteiger charge is -2.15. The molecule has 0 aliphatic rings. The van der Waals surface area contributed by atoms with Gasteiger partial charge in [-0.1, -0.05) is 19.0 Å². The van der Waals surface area contributed by atoms with Crippen molar-refractivity contribution in [3.63, 3.8) is 0 Å². The molecule has 13 heteroatoms. The molecule has 0 atom stereocenters. The third-order valence-corrected chi connectivity index (χ3v) is 4.98. The van der Waals surface area contributed by atoms with Crippen LogP contribution in [0.15, 0.2) is 29.4 Å². The summed E-state index contributed by atoms with van der Waals surface area (Å²) in [5.41, 5.74) is 0.298. The van der Waals surface area contributed by atoms with Gasteiger partial charge in [0.2, 0.25) is 5.91 Å². The second-order valence-electron chi connectivity index (χ2n) is 7.28. The Kier molecular flexibility index (Phi) is 11.2. The molecule has 0 bridgehead atoms. The van der Waals surface area contributed by atoms with Crippen molar-refractivity contribution >= 4 is 52.0 Å². The van der Waals surface area contributed by atoms with Gasteiger partial charge in [0.25, 0.3) is 5.91 Å². The molecule has 9 nitrogen and oxygen atoms in total. The normalized spacial score (nSPS) is 11.1. The van der Waals surface area contributed by atoms with Crippen molar-refractivity contribution < 1.29 is 37.5 Å². The zero-order valence-corrected chi connectivity index (χ0v) is 21.0. The highest BCUT2D eigenvalue weighted by Gasteiger charge is 2.23. The number of amides is 2. The topological polar surface area (TPSA) is 121 Å². The molecule has 2 rings (SSSR count). The number of hydroxylamine groups is 1. The highest BCUT2D eigenvalue weighted by Crippen LogP contribution is 2.30. The number of benzene rings is 2. The van der Waals surface area contributed by atoms with Crippen LogP contribution in [0.25, 0.3) is 0 Å². The van der Waals surface area contributed by atoms with Crippen LogP contribution >= 0.6 is 22.6 Å². The van der Waals surface area contributed by atoms with Crippen molar-refractivity contribution in [2.75, 3.05) is 31.7 Å². The van der Waals surface area contributed by atoms with E-state index in [2.05, 4.69) is 15.8 Å². The van der Waals surface area contributed by atoms with Crippen LogP contribution in [0, 0.1) is 26.9 Å². The lowest BCUT2D eigenvalue weighted by atomic mass is 10.1. The predicted octanol–water partition coefficient (Wildman–Crippen LogP) is 3.23. The van der Waals surface area contributed by atoms with Gasteiger partial charge < -0.3 is 20.6 Å². The summed E-state index contributed by atoms with van der Waals surface area (Å²) in [4.78, 5) is 33.7. The van der Waals surface area contributed by atoms with Gasteiger partial charge in [-0.05, 0) is 46.9 Å². The van der Waals surface area contributed by atoms with Crippen LogP contribution in [0.3, 0.4) is 0 Å². The van der Waals surface area contributed by atoms with Crippen molar-refractivity contribution in [1.29, 1.82) is 0 Å².